The Balaban J connectivity index is 0.000000660. The molecule has 1 atom stereocenters. The predicted octanol–water partition coefficient (Wildman–Crippen LogP) is 6.77. The third-order valence-electron chi connectivity index (χ3n) is 6.89. The van der Waals surface area contributed by atoms with E-state index in [1.165, 1.54) is 28.9 Å². The molecule has 2 amide bonds. The number of ketones is 1. The number of aldehydes is 1. The van der Waals surface area contributed by atoms with Crippen LogP contribution in [0.25, 0.3) is 6.08 Å². The Bertz CT molecular complexity index is 1190. The average molecular weight is 624 g/mol. The van der Waals surface area contributed by atoms with Gasteiger partial charge in [0.15, 0.2) is 0 Å². The molecular weight excluding hydrogens is 570 g/mol. The minimum atomic E-state index is -0.437. The van der Waals surface area contributed by atoms with Crippen LogP contribution >= 0.6 is 0 Å². The Morgan fingerprint density at radius 2 is 1.69 bits per heavy atom. The van der Waals surface area contributed by atoms with Crippen molar-refractivity contribution >= 4 is 30.0 Å². The zero-order valence-electron chi connectivity index (χ0n) is 28.2. The van der Waals surface area contributed by atoms with Gasteiger partial charge in [-0.3, -0.25) is 19.3 Å². The summed E-state index contributed by atoms with van der Waals surface area (Å²) >= 11 is 0. The summed E-state index contributed by atoms with van der Waals surface area (Å²) in [5, 5.41) is 8.79. The number of allylic oxidation sites excluding steroid dienone is 4. The van der Waals surface area contributed by atoms with E-state index in [9.17, 15) is 19.2 Å². The number of aliphatic hydroxyl groups is 1. The lowest BCUT2D eigenvalue weighted by Gasteiger charge is -2.25. The van der Waals surface area contributed by atoms with Gasteiger partial charge in [-0.1, -0.05) is 89.4 Å². The summed E-state index contributed by atoms with van der Waals surface area (Å²) in [4.78, 5) is 44.0. The lowest BCUT2D eigenvalue weighted by Crippen LogP contribution is -2.36. The van der Waals surface area contributed by atoms with E-state index in [0.717, 1.165) is 23.2 Å². The number of imide groups is 1. The predicted molar refractivity (Wildman–Crippen MR) is 181 cm³/mol. The highest BCUT2D eigenvalue weighted by Crippen LogP contribution is 2.32. The van der Waals surface area contributed by atoms with Crippen LogP contribution in [0.5, 0.6) is 0 Å². The van der Waals surface area contributed by atoms with E-state index in [0.29, 0.717) is 19.3 Å². The normalized spacial score (nSPS) is 17.7. The SMILES string of the molecule is C=CC1=C(\C=C)CC(OC)c2ccccc2/C=C\1.CC.CC(C)(CCO)OCCN1C(=O)C=CC1=O.CC(C)C(=O)CCC=O. The van der Waals surface area contributed by atoms with Crippen LogP contribution in [-0.4, -0.2) is 66.4 Å². The molecule has 0 fully saturated rings. The molecule has 0 radical (unpaired) electrons. The van der Waals surface area contributed by atoms with E-state index in [-0.39, 0.29) is 49.4 Å². The van der Waals surface area contributed by atoms with E-state index in [1.54, 1.807) is 7.11 Å². The number of ether oxygens (including phenoxy) is 2. The van der Waals surface area contributed by atoms with Crippen LogP contribution in [0.4, 0.5) is 0 Å². The molecule has 1 aromatic rings. The van der Waals surface area contributed by atoms with Gasteiger partial charge in [-0.2, -0.15) is 0 Å². The quantitative estimate of drug-likeness (QED) is 0.191. The van der Waals surface area contributed by atoms with Crippen LogP contribution in [0.3, 0.4) is 0 Å². The Morgan fingerprint density at radius 1 is 1.07 bits per heavy atom. The summed E-state index contributed by atoms with van der Waals surface area (Å²) in [5.41, 5.74) is 4.27. The number of fused-ring (bicyclic) bond motifs is 1. The summed E-state index contributed by atoms with van der Waals surface area (Å²) in [6.07, 6.45) is 13.4. The van der Waals surface area contributed by atoms with Crippen molar-refractivity contribution in [1.29, 1.82) is 0 Å². The molecule has 1 aromatic carbocycles. The van der Waals surface area contributed by atoms with Crippen LogP contribution in [0, 0.1) is 5.92 Å². The van der Waals surface area contributed by atoms with Gasteiger partial charge in [0.2, 0.25) is 0 Å². The third-order valence-corrected chi connectivity index (χ3v) is 6.89. The van der Waals surface area contributed by atoms with Gasteiger partial charge >= 0.3 is 0 Å². The number of hydrogen-bond donors (Lipinski definition) is 1. The molecule has 248 valence electrons. The van der Waals surface area contributed by atoms with E-state index in [4.69, 9.17) is 14.6 Å². The molecule has 0 saturated heterocycles. The van der Waals surface area contributed by atoms with Gasteiger partial charge in [0.05, 0.1) is 24.9 Å². The standard InChI is InChI=1S/C17H18O.C11H17NO4.C7H12O2.C2H6/c1-4-13-10-11-15-8-6-7-9-16(15)17(18-3)12-14(13)5-2;1-11(2,5-7-13)16-8-6-12-9(14)3-4-10(12)15;1-6(2)7(9)4-3-5-8;1-2/h4-11,17H,1-2,12H2,3H3;3-4,13H,5-8H2,1-2H3;5-6H,3-4H2,1-2H3;1-2H3/b11-10-,14-13-;;;. The molecular formula is C37H53NO7. The molecule has 8 nitrogen and oxygen atoms in total. The van der Waals surface area contributed by atoms with Crippen molar-refractivity contribution in [2.24, 2.45) is 5.92 Å². The van der Waals surface area contributed by atoms with Gasteiger partial charge in [-0.15, -0.1) is 0 Å². The van der Waals surface area contributed by atoms with Gasteiger partial charge in [0.1, 0.15) is 12.1 Å². The third kappa shape index (κ3) is 15.2. The minimum Gasteiger partial charge on any atom is -0.396 e. The van der Waals surface area contributed by atoms with E-state index >= 15 is 0 Å². The first-order valence-corrected chi connectivity index (χ1v) is 15.5. The summed E-state index contributed by atoms with van der Waals surface area (Å²) in [7, 11) is 1.75. The smallest absolute Gasteiger partial charge is 0.253 e. The number of methoxy groups -OCH3 is 1. The average Bonchev–Trinajstić information content (AvgIpc) is 3.34. The highest BCUT2D eigenvalue weighted by molar-refractivity contribution is 6.12. The number of nitrogens with zero attached hydrogens (tertiary/aromatic N) is 1. The number of benzene rings is 1. The van der Waals surface area contributed by atoms with Crippen LogP contribution in [0.2, 0.25) is 0 Å². The molecule has 1 aliphatic carbocycles. The van der Waals surface area contributed by atoms with E-state index in [1.807, 2.05) is 65.8 Å². The molecule has 2 aliphatic rings. The maximum absolute atomic E-state index is 11.2. The van der Waals surface area contributed by atoms with Crippen molar-refractivity contribution in [3.8, 4) is 0 Å². The fourth-order valence-corrected chi connectivity index (χ4v) is 4.18. The lowest BCUT2D eigenvalue weighted by atomic mass is 9.91. The van der Waals surface area contributed by atoms with Crippen LogP contribution in [0.15, 0.2) is 78.9 Å². The highest BCUT2D eigenvalue weighted by Gasteiger charge is 2.24. The van der Waals surface area contributed by atoms with E-state index < -0.39 is 5.60 Å². The summed E-state index contributed by atoms with van der Waals surface area (Å²) < 4.78 is 11.1. The van der Waals surface area contributed by atoms with Gasteiger partial charge in [-0.25, -0.2) is 0 Å². The number of amides is 2. The Morgan fingerprint density at radius 3 is 2.20 bits per heavy atom. The van der Waals surface area contributed by atoms with Gasteiger partial charge in [-0.05, 0) is 42.5 Å². The first-order valence-electron chi connectivity index (χ1n) is 15.5. The Hall–Kier alpha value is -3.72. The Labute approximate surface area is 270 Å². The summed E-state index contributed by atoms with van der Waals surface area (Å²) in [6, 6.07) is 8.32. The second-order valence-electron chi connectivity index (χ2n) is 10.8. The number of hydrogen-bond acceptors (Lipinski definition) is 7. The van der Waals surface area contributed by atoms with E-state index in [2.05, 4.69) is 37.4 Å². The molecule has 0 aromatic heterocycles. The van der Waals surface area contributed by atoms with Gasteiger partial charge < -0.3 is 19.4 Å². The molecule has 1 aliphatic heterocycles. The molecule has 0 spiro atoms. The van der Waals surface area contributed by atoms with Crippen molar-refractivity contribution in [1.82, 2.24) is 4.90 Å². The first-order chi connectivity index (χ1) is 21.4. The van der Waals surface area contributed by atoms with Crippen molar-refractivity contribution in [3.05, 3.63) is 90.1 Å². The zero-order valence-corrected chi connectivity index (χ0v) is 28.2. The highest BCUT2D eigenvalue weighted by atomic mass is 16.5. The second kappa shape index (κ2) is 22.7. The Kier molecular flexibility index (Phi) is 20.9. The largest absolute Gasteiger partial charge is 0.396 e. The molecule has 0 saturated carbocycles. The molecule has 45 heavy (non-hydrogen) atoms. The fraction of sp³-hybridized carbons (Fsp3) is 0.459. The van der Waals surface area contributed by atoms with Gasteiger partial charge in [0.25, 0.3) is 11.8 Å². The second-order valence-corrected chi connectivity index (χ2v) is 10.8. The van der Waals surface area contributed by atoms with Crippen LogP contribution in [0.1, 0.15) is 84.5 Å². The molecule has 1 N–H and O–H groups in total. The minimum absolute atomic E-state index is 0.0517. The van der Waals surface area contributed by atoms with Crippen molar-refractivity contribution in [2.45, 2.75) is 78.9 Å². The monoisotopic (exact) mass is 623 g/mol. The molecule has 1 unspecified atom stereocenters. The zero-order chi connectivity index (χ0) is 34.4. The fourth-order valence-electron chi connectivity index (χ4n) is 4.18. The van der Waals surface area contributed by atoms with Crippen molar-refractivity contribution < 1.29 is 33.8 Å². The summed E-state index contributed by atoms with van der Waals surface area (Å²) in [5.74, 6) is -0.353. The number of aliphatic hydroxyl groups excluding tert-OH is 1. The number of carbonyl (C=O) groups is 4. The van der Waals surface area contributed by atoms with Crippen LogP contribution in [-0.2, 0) is 28.7 Å². The van der Waals surface area contributed by atoms with Crippen molar-refractivity contribution in [2.75, 3.05) is 26.9 Å². The topological polar surface area (TPSA) is 110 Å². The van der Waals surface area contributed by atoms with Gasteiger partial charge in [0, 0.05) is 51.0 Å². The number of rotatable bonds is 13. The molecule has 1 heterocycles. The van der Waals surface area contributed by atoms with Crippen molar-refractivity contribution in [3.63, 3.8) is 0 Å². The van der Waals surface area contributed by atoms with Crippen LogP contribution < -0.4 is 0 Å². The molecule has 8 heteroatoms. The first kappa shape index (κ1) is 41.3. The summed E-state index contributed by atoms with van der Waals surface area (Å²) in [6.45, 7) is 19.7. The number of carbonyl (C=O) groups excluding carboxylic acids is 4. The lowest BCUT2D eigenvalue weighted by molar-refractivity contribution is -0.139. The maximum atomic E-state index is 11.2. The number of Topliss-reactive ketones (excluding diaryl/α,β-unsaturated/α-hetero) is 1. The molecule has 0 bridgehead atoms. The molecule has 3 rings (SSSR count). The maximum Gasteiger partial charge on any atom is 0.253 e.